The van der Waals surface area contributed by atoms with Crippen LogP contribution < -0.4 is 5.32 Å². The molecule has 13 heavy (non-hydrogen) atoms. The predicted octanol–water partition coefficient (Wildman–Crippen LogP) is 2.91. The molecule has 1 aromatic carbocycles. The van der Waals surface area contributed by atoms with Crippen molar-refractivity contribution in [2.24, 2.45) is 0 Å². The smallest absolute Gasteiger partial charge is 0.117 e. The van der Waals surface area contributed by atoms with Crippen LogP contribution >= 0.6 is 0 Å². The molecule has 2 N–H and O–H groups in total. The molecule has 0 aliphatic heterocycles. The first-order chi connectivity index (χ1) is 6.13. The van der Waals surface area contributed by atoms with Gasteiger partial charge in [-0.15, -0.1) is 0 Å². The van der Waals surface area contributed by atoms with Crippen molar-refractivity contribution in [3.05, 3.63) is 23.8 Å². The fourth-order valence-electron chi connectivity index (χ4n) is 1.13. The molecule has 0 spiro atoms. The lowest BCUT2D eigenvalue weighted by Gasteiger charge is -2.15. The van der Waals surface area contributed by atoms with Crippen molar-refractivity contribution in [3.8, 4) is 5.75 Å². The van der Waals surface area contributed by atoms with Gasteiger partial charge in [-0.3, -0.25) is 0 Å². The number of aromatic hydroxyl groups is 1. The molecule has 1 unspecified atom stereocenters. The Morgan fingerprint density at radius 3 is 2.77 bits per heavy atom. The molecular formula is C11H17NO. The van der Waals surface area contributed by atoms with E-state index in [-0.39, 0.29) is 0 Å². The maximum Gasteiger partial charge on any atom is 0.117 e. The molecular weight excluding hydrogens is 162 g/mol. The van der Waals surface area contributed by atoms with E-state index in [0.717, 1.165) is 17.7 Å². The molecule has 2 nitrogen and oxygen atoms in total. The minimum atomic E-state index is 0.316. The monoisotopic (exact) mass is 179 g/mol. The minimum absolute atomic E-state index is 0.316. The molecule has 0 aliphatic rings. The number of phenols is 1. The Morgan fingerprint density at radius 2 is 2.15 bits per heavy atom. The average molecular weight is 179 g/mol. The van der Waals surface area contributed by atoms with Crippen LogP contribution in [0, 0.1) is 6.92 Å². The number of aryl methyl sites for hydroxylation is 1. The second-order valence-electron chi connectivity index (χ2n) is 3.45. The predicted molar refractivity (Wildman–Crippen MR) is 56.2 cm³/mol. The van der Waals surface area contributed by atoms with Gasteiger partial charge in [-0.1, -0.05) is 13.0 Å². The zero-order valence-electron chi connectivity index (χ0n) is 8.46. The van der Waals surface area contributed by atoms with Crippen LogP contribution in [-0.2, 0) is 0 Å². The Labute approximate surface area is 79.6 Å². The third-order valence-electron chi connectivity index (χ3n) is 2.24. The Bertz CT molecular complexity index is 283. The molecule has 0 aromatic heterocycles. The summed E-state index contributed by atoms with van der Waals surface area (Å²) < 4.78 is 0. The molecule has 0 heterocycles. The highest BCUT2D eigenvalue weighted by atomic mass is 16.3. The van der Waals surface area contributed by atoms with Gasteiger partial charge < -0.3 is 10.4 Å². The largest absolute Gasteiger partial charge is 0.508 e. The SMILES string of the molecule is CCC(C)Nc1cc(O)ccc1C. The summed E-state index contributed by atoms with van der Waals surface area (Å²) >= 11 is 0. The van der Waals surface area contributed by atoms with Gasteiger partial charge in [0.05, 0.1) is 0 Å². The fourth-order valence-corrected chi connectivity index (χ4v) is 1.13. The summed E-state index contributed by atoms with van der Waals surface area (Å²) in [6.07, 6.45) is 1.08. The molecule has 0 saturated carbocycles. The highest BCUT2D eigenvalue weighted by Crippen LogP contribution is 2.21. The van der Waals surface area contributed by atoms with E-state index in [1.807, 2.05) is 13.0 Å². The van der Waals surface area contributed by atoms with Crippen molar-refractivity contribution < 1.29 is 5.11 Å². The fraction of sp³-hybridized carbons (Fsp3) is 0.455. The van der Waals surface area contributed by atoms with Crippen molar-refractivity contribution in [1.82, 2.24) is 0 Å². The van der Waals surface area contributed by atoms with Crippen LogP contribution in [0.25, 0.3) is 0 Å². The third-order valence-corrected chi connectivity index (χ3v) is 2.24. The summed E-state index contributed by atoms with van der Waals surface area (Å²) in [4.78, 5) is 0. The van der Waals surface area contributed by atoms with E-state index in [1.165, 1.54) is 0 Å². The second-order valence-corrected chi connectivity index (χ2v) is 3.45. The molecule has 1 rings (SSSR count). The van der Waals surface area contributed by atoms with Gasteiger partial charge in [-0.2, -0.15) is 0 Å². The Balaban J connectivity index is 2.81. The van der Waals surface area contributed by atoms with Crippen molar-refractivity contribution in [2.75, 3.05) is 5.32 Å². The first-order valence-corrected chi connectivity index (χ1v) is 4.69. The number of anilines is 1. The molecule has 0 radical (unpaired) electrons. The van der Waals surface area contributed by atoms with Crippen LogP contribution in [-0.4, -0.2) is 11.1 Å². The van der Waals surface area contributed by atoms with Gasteiger partial charge in [0.1, 0.15) is 5.75 Å². The molecule has 2 heteroatoms. The van der Waals surface area contributed by atoms with Crippen LogP contribution in [0.2, 0.25) is 0 Å². The van der Waals surface area contributed by atoms with E-state index >= 15 is 0 Å². The number of nitrogens with one attached hydrogen (secondary N) is 1. The van der Waals surface area contributed by atoms with Crippen LogP contribution in [0.3, 0.4) is 0 Å². The highest BCUT2D eigenvalue weighted by molar-refractivity contribution is 5.54. The van der Waals surface area contributed by atoms with Gasteiger partial charge >= 0.3 is 0 Å². The van der Waals surface area contributed by atoms with Gasteiger partial charge in [0.15, 0.2) is 0 Å². The molecule has 0 amide bonds. The third kappa shape index (κ3) is 2.65. The lowest BCUT2D eigenvalue weighted by molar-refractivity contribution is 0.475. The van der Waals surface area contributed by atoms with Crippen molar-refractivity contribution in [2.45, 2.75) is 33.2 Å². The summed E-state index contributed by atoms with van der Waals surface area (Å²) in [5.41, 5.74) is 2.19. The molecule has 0 saturated heterocycles. The van der Waals surface area contributed by atoms with Gasteiger partial charge in [0.2, 0.25) is 0 Å². The first kappa shape index (κ1) is 9.90. The summed E-state index contributed by atoms with van der Waals surface area (Å²) in [6.45, 7) is 6.30. The lowest BCUT2D eigenvalue weighted by Crippen LogP contribution is -2.13. The zero-order valence-corrected chi connectivity index (χ0v) is 8.46. The van der Waals surface area contributed by atoms with Crippen molar-refractivity contribution in [3.63, 3.8) is 0 Å². The maximum absolute atomic E-state index is 9.28. The van der Waals surface area contributed by atoms with Gasteiger partial charge in [0.25, 0.3) is 0 Å². The normalized spacial score (nSPS) is 12.5. The van der Waals surface area contributed by atoms with E-state index in [1.54, 1.807) is 12.1 Å². The summed E-state index contributed by atoms with van der Waals surface area (Å²) in [5.74, 6) is 0.316. The van der Waals surface area contributed by atoms with Gasteiger partial charge in [-0.25, -0.2) is 0 Å². The van der Waals surface area contributed by atoms with Crippen LogP contribution in [0.4, 0.5) is 5.69 Å². The zero-order chi connectivity index (χ0) is 9.84. The topological polar surface area (TPSA) is 32.3 Å². The molecule has 0 aliphatic carbocycles. The maximum atomic E-state index is 9.28. The number of benzene rings is 1. The van der Waals surface area contributed by atoms with E-state index < -0.39 is 0 Å². The summed E-state index contributed by atoms with van der Waals surface area (Å²) in [7, 11) is 0. The average Bonchev–Trinajstić information content (AvgIpc) is 2.11. The van der Waals surface area contributed by atoms with Crippen molar-refractivity contribution in [1.29, 1.82) is 0 Å². The standard InChI is InChI=1S/C11H17NO/c1-4-9(3)12-11-7-10(13)6-5-8(11)2/h5-7,9,12-13H,4H2,1-3H3. The molecule has 1 atom stereocenters. The summed E-state index contributed by atoms with van der Waals surface area (Å²) in [6, 6.07) is 5.83. The van der Waals surface area contributed by atoms with Gasteiger partial charge in [0, 0.05) is 17.8 Å². The van der Waals surface area contributed by atoms with E-state index in [0.29, 0.717) is 11.8 Å². The van der Waals surface area contributed by atoms with Crippen LogP contribution in [0.5, 0.6) is 5.75 Å². The van der Waals surface area contributed by atoms with E-state index in [4.69, 9.17) is 0 Å². The highest BCUT2D eigenvalue weighted by Gasteiger charge is 2.02. The molecule has 0 fully saturated rings. The van der Waals surface area contributed by atoms with Crippen molar-refractivity contribution >= 4 is 5.69 Å². The quantitative estimate of drug-likeness (QED) is 0.747. The van der Waals surface area contributed by atoms with Gasteiger partial charge in [-0.05, 0) is 31.9 Å². The molecule has 1 aromatic rings. The summed E-state index contributed by atoms with van der Waals surface area (Å²) in [5, 5.41) is 12.6. The minimum Gasteiger partial charge on any atom is -0.508 e. The molecule has 72 valence electrons. The van der Waals surface area contributed by atoms with E-state index in [9.17, 15) is 5.11 Å². The number of hydrogen-bond acceptors (Lipinski definition) is 2. The Kier molecular flexibility index (Phi) is 3.18. The Hall–Kier alpha value is -1.18. The van der Waals surface area contributed by atoms with Crippen LogP contribution in [0.1, 0.15) is 25.8 Å². The second kappa shape index (κ2) is 4.17. The van der Waals surface area contributed by atoms with E-state index in [2.05, 4.69) is 19.2 Å². The number of phenolic OH excluding ortho intramolecular Hbond substituents is 1. The Morgan fingerprint density at radius 1 is 1.46 bits per heavy atom. The number of hydrogen-bond donors (Lipinski definition) is 2. The molecule has 0 bridgehead atoms. The first-order valence-electron chi connectivity index (χ1n) is 4.69. The number of rotatable bonds is 3. The lowest BCUT2D eigenvalue weighted by atomic mass is 10.1. The van der Waals surface area contributed by atoms with Crippen LogP contribution in [0.15, 0.2) is 18.2 Å².